The first-order valence-electron chi connectivity index (χ1n) is 6.05. The molecule has 94 valence electrons. The van der Waals surface area contributed by atoms with Crippen LogP contribution in [0.1, 0.15) is 24.8 Å². The third-order valence-electron chi connectivity index (χ3n) is 3.10. The summed E-state index contributed by atoms with van der Waals surface area (Å²) in [5.41, 5.74) is 0.999. The highest BCUT2D eigenvalue weighted by molar-refractivity contribution is 5.67. The van der Waals surface area contributed by atoms with Crippen LogP contribution in [0.25, 0.3) is 0 Å². The SMILES string of the molecule is O=C(O)CCc1cnn(CC2CCOCC2)c1. The number of carbonyl (C=O) groups is 1. The van der Waals surface area contributed by atoms with Gasteiger partial charge in [0.1, 0.15) is 0 Å². The van der Waals surface area contributed by atoms with Crippen LogP contribution in [-0.2, 0) is 22.5 Å². The third kappa shape index (κ3) is 3.85. The number of aliphatic carboxylic acids is 1. The molecule has 1 fully saturated rings. The summed E-state index contributed by atoms with van der Waals surface area (Å²) >= 11 is 0. The number of carboxylic acids is 1. The summed E-state index contributed by atoms with van der Waals surface area (Å²) in [5, 5.41) is 12.9. The summed E-state index contributed by atoms with van der Waals surface area (Å²) in [6.07, 6.45) is 6.63. The fraction of sp³-hybridized carbons (Fsp3) is 0.667. The number of rotatable bonds is 5. The van der Waals surface area contributed by atoms with E-state index >= 15 is 0 Å². The normalized spacial score (nSPS) is 17.2. The summed E-state index contributed by atoms with van der Waals surface area (Å²) in [6, 6.07) is 0. The molecule has 1 aliphatic rings. The minimum atomic E-state index is -0.762. The van der Waals surface area contributed by atoms with Gasteiger partial charge in [0.25, 0.3) is 0 Å². The van der Waals surface area contributed by atoms with Gasteiger partial charge in [-0.05, 0) is 30.7 Å². The van der Waals surface area contributed by atoms with E-state index in [9.17, 15) is 4.79 Å². The number of carboxylic acid groups (broad SMARTS) is 1. The molecule has 1 aliphatic heterocycles. The summed E-state index contributed by atoms with van der Waals surface area (Å²) < 4.78 is 7.24. The van der Waals surface area contributed by atoms with E-state index in [4.69, 9.17) is 9.84 Å². The predicted molar refractivity (Wildman–Crippen MR) is 61.7 cm³/mol. The Morgan fingerprint density at radius 1 is 1.53 bits per heavy atom. The van der Waals surface area contributed by atoms with E-state index in [-0.39, 0.29) is 6.42 Å². The molecule has 0 aromatic carbocycles. The van der Waals surface area contributed by atoms with Gasteiger partial charge in [0, 0.05) is 32.4 Å². The van der Waals surface area contributed by atoms with Crippen molar-refractivity contribution in [3.8, 4) is 0 Å². The van der Waals surface area contributed by atoms with E-state index in [0.717, 1.165) is 38.2 Å². The first-order chi connectivity index (χ1) is 8.24. The Morgan fingerprint density at radius 2 is 2.29 bits per heavy atom. The highest BCUT2D eigenvalue weighted by Gasteiger charge is 2.14. The fourth-order valence-corrected chi connectivity index (χ4v) is 2.08. The Morgan fingerprint density at radius 3 is 3.00 bits per heavy atom. The Bertz CT molecular complexity index is 370. The smallest absolute Gasteiger partial charge is 0.303 e. The van der Waals surface area contributed by atoms with Crippen molar-refractivity contribution in [3.63, 3.8) is 0 Å². The number of nitrogens with zero attached hydrogens (tertiary/aromatic N) is 2. The van der Waals surface area contributed by atoms with Gasteiger partial charge in [0.15, 0.2) is 0 Å². The van der Waals surface area contributed by atoms with Gasteiger partial charge in [-0.3, -0.25) is 9.48 Å². The second-order valence-electron chi connectivity index (χ2n) is 4.52. The molecule has 5 heteroatoms. The highest BCUT2D eigenvalue weighted by atomic mass is 16.5. The number of aryl methyl sites for hydroxylation is 1. The zero-order valence-electron chi connectivity index (χ0n) is 9.84. The van der Waals surface area contributed by atoms with Gasteiger partial charge in [-0.1, -0.05) is 0 Å². The maximum Gasteiger partial charge on any atom is 0.303 e. The first kappa shape index (κ1) is 12.1. The van der Waals surface area contributed by atoms with Gasteiger partial charge in [-0.25, -0.2) is 0 Å². The molecule has 5 nitrogen and oxygen atoms in total. The van der Waals surface area contributed by atoms with Crippen molar-refractivity contribution >= 4 is 5.97 Å². The lowest BCUT2D eigenvalue weighted by Gasteiger charge is -2.21. The van der Waals surface area contributed by atoms with E-state index in [1.165, 1.54) is 0 Å². The molecule has 0 atom stereocenters. The molecule has 1 aromatic rings. The van der Waals surface area contributed by atoms with E-state index < -0.39 is 5.97 Å². The molecule has 0 spiro atoms. The van der Waals surface area contributed by atoms with E-state index in [1.54, 1.807) is 6.20 Å². The van der Waals surface area contributed by atoms with Gasteiger partial charge in [-0.2, -0.15) is 5.10 Å². The molecule has 0 amide bonds. The second-order valence-corrected chi connectivity index (χ2v) is 4.52. The second kappa shape index (κ2) is 5.82. The zero-order chi connectivity index (χ0) is 12.1. The molecule has 2 rings (SSSR count). The quantitative estimate of drug-likeness (QED) is 0.840. The van der Waals surface area contributed by atoms with Crippen LogP contribution in [0.3, 0.4) is 0 Å². The maximum atomic E-state index is 10.5. The summed E-state index contributed by atoms with van der Waals surface area (Å²) in [4.78, 5) is 10.5. The van der Waals surface area contributed by atoms with E-state index in [2.05, 4.69) is 5.10 Å². The number of ether oxygens (including phenoxy) is 1. The van der Waals surface area contributed by atoms with Crippen LogP contribution in [0.4, 0.5) is 0 Å². The van der Waals surface area contributed by atoms with E-state index in [1.807, 2.05) is 10.9 Å². The molecule has 0 radical (unpaired) electrons. The molecule has 2 heterocycles. The van der Waals surface area contributed by atoms with Gasteiger partial charge in [0.2, 0.25) is 0 Å². The van der Waals surface area contributed by atoms with Crippen LogP contribution in [0, 0.1) is 5.92 Å². The van der Waals surface area contributed by atoms with Crippen molar-refractivity contribution < 1.29 is 14.6 Å². The van der Waals surface area contributed by atoms with Gasteiger partial charge in [0.05, 0.1) is 6.20 Å². The number of hydrogen-bond acceptors (Lipinski definition) is 3. The third-order valence-corrected chi connectivity index (χ3v) is 3.10. The molecule has 1 saturated heterocycles. The molecule has 1 aromatic heterocycles. The molecule has 0 saturated carbocycles. The van der Waals surface area contributed by atoms with Crippen molar-refractivity contribution in [1.82, 2.24) is 9.78 Å². The molecular weight excluding hydrogens is 220 g/mol. The van der Waals surface area contributed by atoms with Gasteiger partial charge in [-0.15, -0.1) is 0 Å². The molecule has 0 bridgehead atoms. The van der Waals surface area contributed by atoms with Crippen LogP contribution in [0.5, 0.6) is 0 Å². The fourth-order valence-electron chi connectivity index (χ4n) is 2.08. The average molecular weight is 238 g/mol. The van der Waals surface area contributed by atoms with Crippen LogP contribution >= 0.6 is 0 Å². The van der Waals surface area contributed by atoms with Gasteiger partial charge >= 0.3 is 5.97 Å². The largest absolute Gasteiger partial charge is 0.481 e. The molecule has 0 aliphatic carbocycles. The van der Waals surface area contributed by atoms with Crippen molar-refractivity contribution in [1.29, 1.82) is 0 Å². The maximum absolute atomic E-state index is 10.5. The Hall–Kier alpha value is -1.36. The monoisotopic (exact) mass is 238 g/mol. The standard InChI is InChI=1S/C12H18N2O3/c15-12(16)2-1-11-7-13-14(9-11)8-10-3-5-17-6-4-10/h7,9-10H,1-6,8H2,(H,15,16). The Kier molecular flexibility index (Phi) is 4.14. The van der Waals surface area contributed by atoms with Crippen molar-refractivity contribution in [2.24, 2.45) is 5.92 Å². The first-order valence-corrected chi connectivity index (χ1v) is 6.05. The topological polar surface area (TPSA) is 64.3 Å². The Balaban J connectivity index is 1.82. The average Bonchev–Trinajstić information content (AvgIpc) is 2.75. The molecule has 0 unspecified atom stereocenters. The number of hydrogen-bond donors (Lipinski definition) is 1. The molecular formula is C12H18N2O3. The lowest BCUT2D eigenvalue weighted by Crippen LogP contribution is -2.20. The van der Waals surface area contributed by atoms with Crippen LogP contribution in [0.2, 0.25) is 0 Å². The van der Waals surface area contributed by atoms with Gasteiger partial charge < -0.3 is 9.84 Å². The number of aromatic nitrogens is 2. The van der Waals surface area contributed by atoms with Crippen LogP contribution in [0.15, 0.2) is 12.4 Å². The summed E-state index contributed by atoms with van der Waals surface area (Å²) in [6.45, 7) is 2.60. The molecule has 17 heavy (non-hydrogen) atoms. The van der Waals surface area contributed by atoms with Crippen molar-refractivity contribution in [3.05, 3.63) is 18.0 Å². The minimum absolute atomic E-state index is 0.170. The van der Waals surface area contributed by atoms with Crippen LogP contribution in [-0.4, -0.2) is 34.1 Å². The minimum Gasteiger partial charge on any atom is -0.481 e. The predicted octanol–water partition coefficient (Wildman–Crippen LogP) is 1.33. The highest BCUT2D eigenvalue weighted by Crippen LogP contribution is 2.16. The summed E-state index contributed by atoms with van der Waals surface area (Å²) in [5.74, 6) is -0.127. The van der Waals surface area contributed by atoms with Crippen LogP contribution < -0.4 is 0 Å². The van der Waals surface area contributed by atoms with E-state index in [0.29, 0.717) is 12.3 Å². The van der Waals surface area contributed by atoms with Crippen molar-refractivity contribution in [2.75, 3.05) is 13.2 Å². The summed E-state index contributed by atoms with van der Waals surface area (Å²) in [7, 11) is 0. The van der Waals surface area contributed by atoms with Crippen molar-refractivity contribution in [2.45, 2.75) is 32.2 Å². The lowest BCUT2D eigenvalue weighted by molar-refractivity contribution is -0.136. The lowest BCUT2D eigenvalue weighted by atomic mass is 10.0. The zero-order valence-corrected chi connectivity index (χ0v) is 9.84. The Labute approximate surface area is 100 Å². The molecule has 1 N–H and O–H groups in total.